The van der Waals surface area contributed by atoms with Gasteiger partial charge in [-0.3, -0.25) is 11.3 Å². The van der Waals surface area contributed by atoms with E-state index in [2.05, 4.69) is 21.4 Å². The first kappa shape index (κ1) is 9.24. The molecule has 72 valence electrons. The van der Waals surface area contributed by atoms with Crippen molar-refractivity contribution in [3.05, 3.63) is 22.6 Å². The highest BCUT2D eigenvalue weighted by molar-refractivity contribution is 9.10. The zero-order valence-corrected chi connectivity index (χ0v) is 8.88. The van der Waals surface area contributed by atoms with E-state index in [4.69, 9.17) is 10.3 Å². The maximum atomic E-state index is 5.53. The first-order valence-corrected chi connectivity index (χ1v) is 5.31. The van der Waals surface area contributed by atoms with E-state index in [0.717, 1.165) is 10.2 Å². The van der Waals surface area contributed by atoms with Crippen molar-refractivity contribution >= 4 is 15.9 Å². The second-order valence-corrected chi connectivity index (χ2v) is 4.21. The summed E-state index contributed by atoms with van der Waals surface area (Å²) in [5, 5.41) is 0. The second-order valence-electron chi connectivity index (χ2n) is 3.48. The van der Waals surface area contributed by atoms with Crippen LogP contribution in [-0.2, 0) is 0 Å². The van der Waals surface area contributed by atoms with Gasteiger partial charge in [0.1, 0.15) is 0 Å². The number of hydrogen-bond acceptors (Lipinski definition) is 3. The van der Waals surface area contributed by atoms with Gasteiger partial charge < -0.3 is 4.42 Å². The molecule has 1 unspecified atom stereocenters. The van der Waals surface area contributed by atoms with Gasteiger partial charge in [-0.15, -0.1) is 0 Å². The molecule has 0 bridgehead atoms. The normalized spacial score (nSPS) is 19.8. The Kier molecular flexibility index (Phi) is 2.71. The zero-order valence-electron chi connectivity index (χ0n) is 7.29. The summed E-state index contributed by atoms with van der Waals surface area (Å²) in [5.41, 5.74) is 3.99. The third-order valence-corrected chi connectivity index (χ3v) is 3.43. The van der Waals surface area contributed by atoms with Crippen LogP contribution in [0.15, 0.2) is 21.4 Å². The molecule has 0 radical (unpaired) electrons. The summed E-state index contributed by atoms with van der Waals surface area (Å²) in [6, 6.07) is 2.20. The van der Waals surface area contributed by atoms with Crippen molar-refractivity contribution in [2.45, 2.75) is 25.3 Å². The summed E-state index contributed by atoms with van der Waals surface area (Å²) in [6.07, 6.45) is 5.51. The second kappa shape index (κ2) is 3.82. The lowest BCUT2D eigenvalue weighted by molar-refractivity contribution is 0.230. The van der Waals surface area contributed by atoms with E-state index < -0.39 is 0 Å². The molecule has 0 amide bonds. The summed E-state index contributed by atoms with van der Waals surface area (Å²) in [4.78, 5) is 0. The Morgan fingerprint density at radius 2 is 2.38 bits per heavy atom. The molecule has 3 N–H and O–H groups in total. The Labute approximate surface area is 85.8 Å². The van der Waals surface area contributed by atoms with Gasteiger partial charge in [-0.25, -0.2) is 0 Å². The van der Waals surface area contributed by atoms with Crippen LogP contribution in [0, 0.1) is 5.92 Å². The minimum Gasteiger partial charge on any atom is -0.457 e. The van der Waals surface area contributed by atoms with E-state index in [1.54, 1.807) is 6.26 Å². The molecule has 1 aliphatic rings. The highest BCUT2D eigenvalue weighted by atomic mass is 79.9. The van der Waals surface area contributed by atoms with Gasteiger partial charge >= 0.3 is 0 Å². The highest BCUT2D eigenvalue weighted by Crippen LogP contribution is 2.39. The molecule has 0 saturated heterocycles. The molecule has 1 atom stereocenters. The predicted octanol–water partition coefficient (Wildman–Crippen LogP) is 2.35. The van der Waals surface area contributed by atoms with Crippen LogP contribution < -0.4 is 11.3 Å². The topological polar surface area (TPSA) is 51.2 Å². The fraction of sp³-hybridized carbons (Fsp3) is 0.556. The Morgan fingerprint density at radius 1 is 1.62 bits per heavy atom. The van der Waals surface area contributed by atoms with Crippen molar-refractivity contribution < 1.29 is 4.42 Å². The lowest BCUT2D eigenvalue weighted by Crippen LogP contribution is -2.36. The van der Waals surface area contributed by atoms with Crippen LogP contribution >= 0.6 is 15.9 Å². The molecule has 3 nitrogen and oxygen atoms in total. The molecule has 1 aromatic heterocycles. The van der Waals surface area contributed by atoms with E-state index in [1.165, 1.54) is 19.3 Å². The van der Waals surface area contributed by atoms with Gasteiger partial charge in [-0.1, -0.05) is 6.42 Å². The Bertz CT molecular complexity index is 283. The van der Waals surface area contributed by atoms with Gasteiger partial charge in [-0.2, -0.15) is 0 Å². The highest BCUT2D eigenvalue weighted by Gasteiger charge is 2.29. The third kappa shape index (κ3) is 1.66. The lowest BCUT2D eigenvalue weighted by atomic mass is 9.78. The van der Waals surface area contributed by atoms with E-state index in [9.17, 15) is 0 Å². The van der Waals surface area contributed by atoms with Gasteiger partial charge in [-0.05, 0) is 40.8 Å². The smallest absolute Gasteiger partial charge is 0.173 e. The standard InChI is InChI=1S/C9H13BrN2O/c10-9-7(4-5-13-9)8(12-11)6-2-1-3-6/h4-6,8,12H,1-3,11H2. The van der Waals surface area contributed by atoms with Crippen LogP contribution in [0.4, 0.5) is 0 Å². The summed E-state index contributed by atoms with van der Waals surface area (Å²) in [7, 11) is 0. The van der Waals surface area contributed by atoms with Crippen molar-refractivity contribution in [2.24, 2.45) is 11.8 Å². The van der Waals surface area contributed by atoms with Crippen molar-refractivity contribution in [3.63, 3.8) is 0 Å². The maximum Gasteiger partial charge on any atom is 0.173 e. The fourth-order valence-electron chi connectivity index (χ4n) is 1.78. The molecule has 4 heteroatoms. The number of hydrogen-bond donors (Lipinski definition) is 2. The third-order valence-electron chi connectivity index (χ3n) is 2.78. The molecule has 2 rings (SSSR count). The summed E-state index contributed by atoms with van der Waals surface area (Å²) in [5.74, 6) is 6.20. The summed E-state index contributed by atoms with van der Waals surface area (Å²) in [6.45, 7) is 0. The van der Waals surface area contributed by atoms with Crippen LogP contribution in [0.3, 0.4) is 0 Å². The molecule has 1 fully saturated rings. The number of nitrogens with one attached hydrogen (secondary N) is 1. The average Bonchev–Trinajstić information content (AvgIpc) is 2.43. The van der Waals surface area contributed by atoms with E-state index in [-0.39, 0.29) is 6.04 Å². The Morgan fingerprint density at radius 3 is 2.77 bits per heavy atom. The van der Waals surface area contributed by atoms with Crippen molar-refractivity contribution in [3.8, 4) is 0 Å². The van der Waals surface area contributed by atoms with Crippen LogP contribution in [-0.4, -0.2) is 0 Å². The molecule has 13 heavy (non-hydrogen) atoms. The molecule has 1 aliphatic carbocycles. The van der Waals surface area contributed by atoms with E-state index >= 15 is 0 Å². The predicted molar refractivity (Wildman–Crippen MR) is 53.8 cm³/mol. The monoisotopic (exact) mass is 244 g/mol. The van der Waals surface area contributed by atoms with E-state index in [1.807, 2.05) is 6.07 Å². The number of rotatable bonds is 3. The van der Waals surface area contributed by atoms with Gasteiger partial charge in [0.05, 0.1) is 12.3 Å². The van der Waals surface area contributed by atoms with Gasteiger partial charge in [0.15, 0.2) is 4.67 Å². The van der Waals surface area contributed by atoms with Crippen LogP contribution in [0.2, 0.25) is 0 Å². The Hall–Kier alpha value is -0.320. The summed E-state index contributed by atoms with van der Waals surface area (Å²) < 4.78 is 5.98. The van der Waals surface area contributed by atoms with Crippen LogP contribution in [0.25, 0.3) is 0 Å². The average molecular weight is 245 g/mol. The fourth-order valence-corrected chi connectivity index (χ4v) is 2.27. The van der Waals surface area contributed by atoms with Crippen molar-refractivity contribution in [2.75, 3.05) is 0 Å². The van der Waals surface area contributed by atoms with Gasteiger partial charge in [0, 0.05) is 5.56 Å². The van der Waals surface area contributed by atoms with Gasteiger partial charge in [0.2, 0.25) is 0 Å². The SMILES string of the molecule is NNC(c1ccoc1Br)C1CCC1. The number of nitrogens with two attached hydrogens (primary N) is 1. The quantitative estimate of drug-likeness (QED) is 0.634. The molecular formula is C9H13BrN2O. The maximum absolute atomic E-state index is 5.53. The zero-order chi connectivity index (χ0) is 9.26. The lowest BCUT2D eigenvalue weighted by Gasteiger charge is -2.32. The first-order valence-electron chi connectivity index (χ1n) is 4.52. The van der Waals surface area contributed by atoms with Crippen LogP contribution in [0.1, 0.15) is 30.9 Å². The van der Waals surface area contributed by atoms with E-state index in [0.29, 0.717) is 5.92 Å². The van der Waals surface area contributed by atoms with Gasteiger partial charge in [0.25, 0.3) is 0 Å². The molecular weight excluding hydrogens is 232 g/mol. The molecule has 0 aliphatic heterocycles. The minimum absolute atomic E-state index is 0.238. The molecule has 1 aromatic rings. The van der Waals surface area contributed by atoms with Crippen LogP contribution in [0.5, 0.6) is 0 Å². The van der Waals surface area contributed by atoms with Crippen molar-refractivity contribution in [1.82, 2.24) is 5.43 Å². The number of hydrazine groups is 1. The number of halogens is 1. The first-order chi connectivity index (χ1) is 6.33. The molecule has 0 spiro atoms. The largest absolute Gasteiger partial charge is 0.457 e. The summed E-state index contributed by atoms with van der Waals surface area (Å²) >= 11 is 3.37. The number of furan rings is 1. The molecule has 1 saturated carbocycles. The molecule has 0 aromatic carbocycles. The molecule has 1 heterocycles. The van der Waals surface area contributed by atoms with Crippen molar-refractivity contribution in [1.29, 1.82) is 0 Å². The minimum atomic E-state index is 0.238. The Balaban J connectivity index is 2.16.